The molecule has 1 rings (SSSR count). The first-order chi connectivity index (χ1) is 14.1. The second-order valence-corrected chi connectivity index (χ2v) is 9.24. The molecule has 1 amide bonds. The number of hydrogen-bond donors (Lipinski definition) is 4. The van der Waals surface area contributed by atoms with Crippen molar-refractivity contribution in [3.05, 3.63) is 29.8 Å². The molecule has 5 N–H and O–H groups in total. The minimum Gasteiger partial charge on any atom is -0.496 e. The Hall–Kier alpha value is -1.93. The maximum atomic E-state index is 12.8. The van der Waals surface area contributed by atoms with Crippen molar-refractivity contribution in [1.29, 1.82) is 0 Å². The first kappa shape index (κ1) is 26.1. The molecule has 0 aliphatic carbocycles. The zero-order valence-corrected chi connectivity index (χ0v) is 18.6. The Kier molecular flexibility index (Phi) is 11.0. The molecule has 0 heterocycles. The molecule has 0 bridgehead atoms. The SMILES string of the molecule is COc1ccccc1CCC(=O)NC(C(C)C)P(=O)(O)OC(CCCCN)C(=O)O.[HH]. The summed E-state index contributed by atoms with van der Waals surface area (Å²) < 4.78 is 23.2. The molecule has 172 valence electrons. The lowest BCUT2D eigenvalue weighted by Crippen LogP contribution is -2.40. The number of unbranched alkanes of at least 4 members (excludes halogenated alkanes) is 1. The molecule has 3 atom stereocenters. The topological polar surface area (TPSA) is 148 Å². The van der Waals surface area contributed by atoms with Crippen LogP contribution in [-0.2, 0) is 25.1 Å². The molecule has 9 nitrogen and oxygen atoms in total. The van der Waals surface area contributed by atoms with Crippen molar-refractivity contribution in [3.63, 3.8) is 0 Å². The third-order valence-electron chi connectivity index (χ3n) is 4.58. The van der Waals surface area contributed by atoms with E-state index >= 15 is 0 Å². The Bertz CT molecular complexity index is 748. The predicted molar refractivity (Wildman–Crippen MR) is 115 cm³/mol. The van der Waals surface area contributed by atoms with E-state index in [4.69, 9.17) is 15.0 Å². The molecule has 0 radical (unpaired) electrons. The van der Waals surface area contributed by atoms with Crippen LogP contribution in [-0.4, -0.2) is 47.4 Å². The molecule has 0 saturated carbocycles. The van der Waals surface area contributed by atoms with Gasteiger partial charge < -0.3 is 25.8 Å². The smallest absolute Gasteiger partial charge is 0.351 e. The summed E-state index contributed by atoms with van der Waals surface area (Å²) in [4.78, 5) is 34.3. The summed E-state index contributed by atoms with van der Waals surface area (Å²) in [5, 5.41) is 11.9. The number of para-hydroxylation sites is 1. The number of aryl methyl sites for hydroxylation is 1. The van der Waals surface area contributed by atoms with E-state index in [-0.39, 0.29) is 14.3 Å². The van der Waals surface area contributed by atoms with E-state index in [2.05, 4.69) is 5.32 Å². The number of carboxylic acid groups (broad SMARTS) is 1. The number of nitrogens with one attached hydrogen (secondary N) is 1. The van der Waals surface area contributed by atoms with Gasteiger partial charge in [-0.2, -0.15) is 0 Å². The van der Waals surface area contributed by atoms with E-state index in [1.54, 1.807) is 27.0 Å². The van der Waals surface area contributed by atoms with E-state index < -0.39 is 37.3 Å². The van der Waals surface area contributed by atoms with Gasteiger partial charge in [-0.1, -0.05) is 32.0 Å². The van der Waals surface area contributed by atoms with Crippen molar-refractivity contribution < 1.29 is 34.8 Å². The van der Waals surface area contributed by atoms with Crippen molar-refractivity contribution in [2.75, 3.05) is 13.7 Å². The van der Waals surface area contributed by atoms with E-state index in [1.165, 1.54) is 0 Å². The van der Waals surface area contributed by atoms with E-state index in [9.17, 15) is 24.2 Å². The Balaban J connectivity index is 0.00000900. The van der Waals surface area contributed by atoms with Crippen molar-refractivity contribution in [1.82, 2.24) is 5.32 Å². The molecule has 0 aliphatic rings. The number of carbonyl (C=O) groups excluding carboxylic acids is 1. The van der Waals surface area contributed by atoms with Crippen molar-refractivity contribution in [2.45, 2.75) is 57.8 Å². The average Bonchev–Trinajstić information content (AvgIpc) is 2.69. The van der Waals surface area contributed by atoms with Crippen LogP contribution in [0, 0.1) is 5.92 Å². The highest BCUT2D eigenvalue weighted by Crippen LogP contribution is 2.50. The van der Waals surface area contributed by atoms with Gasteiger partial charge in [-0.25, -0.2) is 4.79 Å². The van der Waals surface area contributed by atoms with E-state index in [0.717, 1.165) is 5.56 Å². The van der Waals surface area contributed by atoms with Gasteiger partial charge in [-0.15, -0.1) is 0 Å². The number of amides is 1. The van der Waals surface area contributed by atoms with E-state index in [0.29, 0.717) is 31.6 Å². The van der Waals surface area contributed by atoms with Crippen LogP contribution < -0.4 is 15.8 Å². The van der Waals surface area contributed by atoms with Gasteiger partial charge in [-0.05, 0) is 49.8 Å². The molecule has 0 spiro atoms. The third-order valence-corrected chi connectivity index (χ3v) is 6.56. The summed E-state index contributed by atoms with van der Waals surface area (Å²) in [6.07, 6.45) is 0.0978. The fourth-order valence-electron chi connectivity index (χ4n) is 2.96. The Labute approximate surface area is 179 Å². The summed E-state index contributed by atoms with van der Waals surface area (Å²) >= 11 is 0. The minimum atomic E-state index is -4.45. The molecule has 10 heteroatoms. The van der Waals surface area contributed by atoms with Crippen molar-refractivity contribution >= 4 is 19.5 Å². The van der Waals surface area contributed by atoms with Crippen molar-refractivity contribution in [2.24, 2.45) is 11.7 Å². The van der Waals surface area contributed by atoms with Gasteiger partial charge in [0, 0.05) is 7.85 Å². The standard InChI is InChI=1S/C20H33N2O7P.H2/c1-14(2)19(30(26,27)29-17(20(24)25)10-6-7-13-21)22-18(23)12-11-15-8-4-5-9-16(15)28-3;/h4-5,8-9,14,17,19H,6-7,10-13,21H2,1-3H3,(H,22,23)(H,24,25)(H,26,27);1H. The van der Waals surface area contributed by atoms with Crippen LogP contribution in [0.5, 0.6) is 5.75 Å². The summed E-state index contributed by atoms with van der Waals surface area (Å²) in [5.41, 5.74) is 6.24. The molecule has 0 aliphatic heterocycles. The molecule has 3 unspecified atom stereocenters. The number of hydrogen-bond acceptors (Lipinski definition) is 6. The highest BCUT2D eigenvalue weighted by Gasteiger charge is 2.40. The molecule has 0 fully saturated rings. The van der Waals surface area contributed by atoms with Crippen LogP contribution in [0.25, 0.3) is 0 Å². The van der Waals surface area contributed by atoms with E-state index in [1.807, 2.05) is 18.2 Å². The maximum absolute atomic E-state index is 12.8. The van der Waals surface area contributed by atoms with Crippen LogP contribution >= 0.6 is 7.60 Å². The lowest BCUT2D eigenvalue weighted by molar-refractivity contribution is -0.145. The monoisotopic (exact) mass is 446 g/mol. The van der Waals surface area contributed by atoms with Gasteiger partial charge in [0.25, 0.3) is 0 Å². The number of nitrogens with two attached hydrogens (primary N) is 1. The first-order valence-electron chi connectivity index (χ1n) is 9.97. The normalized spacial score (nSPS) is 15.3. The molecule has 1 aromatic rings. The van der Waals surface area contributed by atoms with Gasteiger partial charge in [0.15, 0.2) is 6.10 Å². The van der Waals surface area contributed by atoms with Crippen LogP contribution in [0.4, 0.5) is 0 Å². The van der Waals surface area contributed by atoms with Crippen molar-refractivity contribution in [3.8, 4) is 5.75 Å². The Morgan fingerprint density at radius 1 is 1.27 bits per heavy atom. The minimum absolute atomic E-state index is 0. The van der Waals surface area contributed by atoms with Crippen LogP contribution in [0.1, 0.15) is 46.5 Å². The van der Waals surface area contributed by atoms with Gasteiger partial charge >= 0.3 is 13.6 Å². The number of methoxy groups -OCH3 is 1. The largest absolute Gasteiger partial charge is 0.496 e. The molecular weight excluding hydrogens is 411 g/mol. The summed E-state index contributed by atoms with van der Waals surface area (Å²) in [6.45, 7) is 3.70. The molecule has 0 saturated heterocycles. The van der Waals surface area contributed by atoms with Crippen LogP contribution in [0.3, 0.4) is 0 Å². The quantitative estimate of drug-likeness (QED) is 0.252. The maximum Gasteiger partial charge on any atom is 0.351 e. The van der Waals surface area contributed by atoms with Crippen LogP contribution in [0.2, 0.25) is 0 Å². The third kappa shape index (κ3) is 8.44. The number of ether oxygens (including phenoxy) is 1. The van der Waals surface area contributed by atoms with Gasteiger partial charge in [-0.3, -0.25) is 13.9 Å². The summed E-state index contributed by atoms with van der Waals surface area (Å²) in [5.74, 6) is -2.78. The molecule has 1 aromatic carbocycles. The Morgan fingerprint density at radius 2 is 1.93 bits per heavy atom. The average molecular weight is 446 g/mol. The molecule has 30 heavy (non-hydrogen) atoms. The lowest BCUT2D eigenvalue weighted by atomic mass is 10.1. The van der Waals surface area contributed by atoms with Gasteiger partial charge in [0.2, 0.25) is 5.91 Å². The second-order valence-electron chi connectivity index (χ2n) is 7.35. The van der Waals surface area contributed by atoms with Gasteiger partial charge in [0.1, 0.15) is 11.5 Å². The fraction of sp³-hybridized carbons (Fsp3) is 0.600. The second kappa shape index (κ2) is 12.7. The molecule has 0 aromatic heterocycles. The number of benzene rings is 1. The Morgan fingerprint density at radius 3 is 2.50 bits per heavy atom. The summed E-state index contributed by atoms with van der Waals surface area (Å²) in [6, 6.07) is 7.28. The predicted octanol–water partition coefficient (Wildman–Crippen LogP) is 2.76. The van der Waals surface area contributed by atoms with Crippen LogP contribution in [0.15, 0.2) is 24.3 Å². The summed E-state index contributed by atoms with van der Waals surface area (Å²) in [7, 11) is -2.91. The van der Waals surface area contributed by atoms with Gasteiger partial charge in [0.05, 0.1) is 7.11 Å². The zero-order chi connectivity index (χ0) is 22.7. The number of carbonyl (C=O) groups is 2. The molecular formula is C20H35N2O7P. The highest BCUT2D eigenvalue weighted by atomic mass is 31.2. The number of aliphatic carboxylic acids is 1. The number of rotatable bonds is 14. The lowest BCUT2D eigenvalue weighted by Gasteiger charge is -2.28. The fourth-order valence-corrected chi connectivity index (χ4v) is 4.72. The first-order valence-corrected chi connectivity index (χ1v) is 11.6. The highest BCUT2D eigenvalue weighted by molar-refractivity contribution is 7.53. The number of carboxylic acids is 1. The zero-order valence-electron chi connectivity index (χ0n) is 17.7.